The molecule has 1 aliphatic rings. The van der Waals surface area contributed by atoms with E-state index in [4.69, 9.17) is 0 Å². The molecule has 3 rings (SSSR count). The third-order valence-electron chi connectivity index (χ3n) is 4.87. The number of hydrogen-bond acceptors (Lipinski definition) is 2. The summed E-state index contributed by atoms with van der Waals surface area (Å²) >= 11 is 0. The van der Waals surface area contributed by atoms with Crippen molar-refractivity contribution in [1.29, 1.82) is 0 Å². The van der Waals surface area contributed by atoms with Gasteiger partial charge in [0.2, 0.25) is 11.8 Å². The Balaban J connectivity index is 1.79. The average Bonchev–Trinajstić information content (AvgIpc) is 3.43. The zero-order valence-electron chi connectivity index (χ0n) is 15.0. The van der Waals surface area contributed by atoms with Gasteiger partial charge in [0.25, 0.3) is 0 Å². The number of nitrogens with one attached hydrogen (secondary N) is 1. The molecule has 1 fully saturated rings. The Kier molecular flexibility index (Phi) is 4.62. The Morgan fingerprint density at radius 1 is 1.00 bits per heavy atom. The lowest BCUT2D eigenvalue weighted by Crippen LogP contribution is -2.41. The minimum absolute atomic E-state index is 0.141. The third-order valence-corrected chi connectivity index (χ3v) is 4.87. The first-order chi connectivity index (χ1) is 12.0. The maximum absolute atomic E-state index is 12.9. The van der Waals surface area contributed by atoms with Crippen LogP contribution in [0.4, 0.5) is 11.4 Å². The normalized spacial score (nSPS) is 14.9. The van der Waals surface area contributed by atoms with Crippen molar-refractivity contribution in [2.45, 2.75) is 32.6 Å². The van der Waals surface area contributed by atoms with Crippen LogP contribution in [0.2, 0.25) is 0 Å². The van der Waals surface area contributed by atoms with Crippen molar-refractivity contribution in [1.82, 2.24) is 0 Å². The van der Waals surface area contributed by atoms with Crippen LogP contribution >= 0.6 is 0 Å². The van der Waals surface area contributed by atoms with Crippen LogP contribution in [0.1, 0.15) is 38.2 Å². The predicted octanol–water partition coefficient (Wildman–Crippen LogP) is 4.19. The summed E-state index contributed by atoms with van der Waals surface area (Å²) in [6.45, 7) is 4.18. The molecule has 0 radical (unpaired) electrons. The quantitative estimate of drug-likeness (QED) is 0.832. The molecule has 0 aliphatic heterocycles. The second-order valence-corrected chi connectivity index (χ2v) is 6.98. The summed E-state index contributed by atoms with van der Waals surface area (Å²) in [5.41, 5.74) is 1.74. The highest BCUT2D eigenvalue weighted by molar-refractivity contribution is 6.17. The first kappa shape index (κ1) is 17.2. The molecule has 2 aromatic rings. The molecule has 1 N–H and O–H groups in total. The Hall–Kier alpha value is -2.62. The molecule has 4 heteroatoms. The molecular weight excluding hydrogens is 312 g/mol. The molecule has 0 aromatic heterocycles. The third kappa shape index (κ3) is 3.29. The van der Waals surface area contributed by atoms with Gasteiger partial charge in [-0.05, 0) is 42.5 Å². The largest absolute Gasteiger partial charge is 0.325 e. The molecule has 25 heavy (non-hydrogen) atoms. The number of para-hydroxylation sites is 2. The molecule has 0 unspecified atom stereocenters. The molecule has 1 aliphatic carbocycles. The van der Waals surface area contributed by atoms with Crippen LogP contribution in [0, 0.1) is 5.41 Å². The molecule has 1 saturated carbocycles. The number of anilines is 2. The number of carbonyl (C=O) groups excluding carboxylic acids is 2. The van der Waals surface area contributed by atoms with Gasteiger partial charge in [-0.3, -0.25) is 9.59 Å². The van der Waals surface area contributed by atoms with E-state index in [0.717, 1.165) is 16.9 Å². The maximum Gasteiger partial charge on any atom is 0.242 e. The van der Waals surface area contributed by atoms with E-state index in [1.807, 2.05) is 54.6 Å². The van der Waals surface area contributed by atoms with Crippen LogP contribution in [0.15, 0.2) is 54.6 Å². The van der Waals surface area contributed by atoms with Gasteiger partial charge in [0.15, 0.2) is 0 Å². The topological polar surface area (TPSA) is 49.4 Å². The van der Waals surface area contributed by atoms with Crippen LogP contribution in [0.3, 0.4) is 0 Å². The van der Waals surface area contributed by atoms with E-state index in [9.17, 15) is 9.59 Å². The van der Waals surface area contributed by atoms with E-state index in [-0.39, 0.29) is 11.8 Å². The zero-order valence-corrected chi connectivity index (χ0v) is 15.0. The minimum atomic E-state index is -0.936. The Bertz CT molecular complexity index is 779. The summed E-state index contributed by atoms with van der Waals surface area (Å²) in [7, 11) is 1.73. The number of hydrogen-bond donors (Lipinski definition) is 1. The summed E-state index contributed by atoms with van der Waals surface area (Å²) in [6.07, 6.45) is 1.19. The number of amides is 2. The molecule has 4 nitrogen and oxygen atoms in total. The first-order valence-electron chi connectivity index (χ1n) is 8.69. The lowest BCUT2D eigenvalue weighted by molar-refractivity contribution is -0.132. The van der Waals surface area contributed by atoms with Gasteiger partial charge in [0.1, 0.15) is 5.41 Å². The van der Waals surface area contributed by atoms with Crippen LogP contribution < -0.4 is 10.2 Å². The SMILES string of the molecule is CC(C)c1ccccc1NC(=O)C1(C(=O)N(C)c2ccccc2)CC1. The molecule has 0 saturated heterocycles. The van der Waals surface area contributed by atoms with E-state index < -0.39 is 5.41 Å². The van der Waals surface area contributed by atoms with Gasteiger partial charge < -0.3 is 10.2 Å². The predicted molar refractivity (Wildman–Crippen MR) is 101 cm³/mol. The Morgan fingerprint density at radius 2 is 1.60 bits per heavy atom. The first-order valence-corrected chi connectivity index (χ1v) is 8.69. The van der Waals surface area contributed by atoms with Gasteiger partial charge in [0, 0.05) is 18.4 Å². The molecule has 2 amide bonds. The number of carbonyl (C=O) groups is 2. The molecule has 0 spiro atoms. The van der Waals surface area contributed by atoms with E-state index in [1.165, 1.54) is 0 Å². The fourth-order valence-corrected chi connectivity index (χ4v) is 3.11. The lowest BCUT2D eigenvalue weighted by Gasteiger charge is -2.24. The highest BCUT2D eigenvalue weighted by Crippen LogP contribution is 2.48. The molecule has 2 aromatic carbocycles. The van der Waals surface area contributed by atoms with Crippen molar-refractivity contribution in [2.24, 2.45) is 5.41 Å². The summed E-state index contributed by atoms with van der Waals surface area (Å²) in [4.78, 5) is 27.4. The smallest absolute Gasteiger partial charge is 0.242 e. The van der Waals surface area contributed by atoms with Gasteiger partial charge >= 0.3 is 0 Å². The van der Waals surface area contributed by atoms with Crippen molar-refractivity contribution in [2.75, 3.05) is 17.3 Å². The molecule has 0 atom stereocenters. The van der Waals surface area contributed by atoms with Gasteiger partial charge in [-0.25, -0.2) is 0 Å². The van der Waals surface area contributed by atoms with Crippen molar-refractivity contribution in [3.63, 3.8) is 0 Å². The van der Waals surface area contributed by atoms with E-state index in [0.29, 0.717) is 18.8 Å². The number of rotatable bonds is 5. The molecule has 0 bridgehead atoms. The monoisotopic (exact) mass is 336 g/mol. The van der Waals surface area contributed by atoms with Crippen molar-refractivity contribution in [3.8, 4) is 0 Å². The molecular formula is C21H24N2O2. The van der Waals surface area contributed by atoms with E-state index in [1.54, 1.807) is 11.9 Å². The van der Waals surface area contributed by atoms with Gasteiger partial charge in [0.05, 0.1) is 0 Å². The van der Waals surface area contributed by atoms with Crippen molar-refractivity contribution in [3.05, 3.63) is 60.2 Å². The van der Waals surface area contributed by atoms with Crippen LogP contribution in [0.5, 0.6) is 0 Å². The zero-order chi connectivity index (χ0) is 18.0. The Labute approximate surface area is 148 Å². The minimum Gasteiger partial charge on any atom is -0.325 e. The van der Waals surface area contributed by atoms with Gasteiger partial charge in [-0.15, -0.1) is 0 Å². The summed E-state index contributed by atoms with van der Waals surface area (Å²) in [5.74, 6) is -0.0408. The van der Waals surface area contributed by atoms with Gasteiger partial charge in [-0.1, -0.05) is 50.2 Å². The fraction of sp³-hybridized carbons (Fsp3) is 0.333. The Morgan fingerprint density at radius 3 is 2.20 bits per heavy atom. The molecule has 130 valence electrons. The van der Waals surface area contributed by atoms with Crippen molar-refractivity contribution >= 4 is 23.2 Å². The number of benzene rings is 2. The fourth-order valence-electron chi connectivity index (χ4n) is 3.11. The van der Waals surface area contributed by atoms with E-state index >= 15 is 0 Å². The van der Waals surface area contributed by atoms with Crippen LogP contribution in [-0.4, -0.2) is 18.9 Å². The van der Waals surface area contributed by atoms with Gasteiger partial charge in [-0.2, -0.15) is 0 Å². The van der Waals surface area contributed by atoms with Crippen LogP contribution in [-0.2, 0) is 9.59 Å². The molecule has 0 heterocycles. The summed E-state index contributed by atoms with van der Waals surface area (Å²) in [5, 5.41) is 3.00. The highest BCUT2D eigenvalue weighted by atomic mass is 16.2. The second kappa shape index (κ2) is 6.71. The van der Waals surface area contributed by atoms with Crippen LogP contribution in [0.25, 0.3) is 0 Å². The summed E-state index contributed by atoms with van der Waals surface area (Å²) < 4.78 is 0. The second-order valence-electron chi connectivity index (χ2n) is 6.98. The standard InChI is InChI=1S/C21H24N2O2/c1-15(2)17-11-7-8-12-18(17)22-19(24)21(13-14-21)20(25)23(3)16-9-5-4-6-10-16/h4-12,15H,13-14H2,1-3H3,(H,22,24). The average molecular weight is 336 g/mol. The summed E-state index contributed by atoms with van der Waals surface area (Å²) in [6, 6.07) is 17.2. The van der Waals surface area contributed by atoms with E-state index in [2.05, 4.69) is 19.2 Å². The lowest BCUT2D eigenvalue weighted by atomic mass is 9.99. The highest BCUT2D eigenvalue weighted by Gasteiger charge is 2.57. The maximum atomic E-state index is 12.9. The number of nitrogens with zero attached hydrogens (tertiary/aromatic N) is 1. The van der Waals surface area contributed by atoms with Crippen molar-refractivity contribution < 1.29 is 9.59 Å².